The van der Waals surface area contributed by atoms with Crippen LogP contribution in [0.2, 0.25) is 5.02 Å². The Labute approximate surface area is 243 Å². The van der Waals surface area contributed by atoms with Crippen LogP contribution in [0.5, 0.6) is 0 Å². The third kappa shape index (κ3) is 5.06. The van der Waals surface area contributed by atoms with Crippen LogP contribution in [0, 0.1) is 12.3 Å². The Hall–Kier alpha value is -3.88. The first-order chi connectivity index (χ1) is 19.3. The number of aliphatic hydroxyl groups excluding tert-OH is 1. The highest BCUT2D eigenvalue weighted by Gasteiger charge is 2.36. The van der Waals surface area contributed by atoms with Crippen LogP contribution >= 0.6 is 11.6 Å². The quantitative estimate of drug-likeness (QED) is 0.204. The number of fused-ring (bicyclic) bond motifs is 1. The summed E-state index contributed by atoms with van der Waals surface area (Å²) >= 11 is 6.56. The van der Waals surface area contributed by atoms with Crippen LogP contribution in [0.15, 0.2) is 56.5 Å². The molecule has 0 aliphatic carbocycles. The number of amides is 1. The van der Waals surface area contributed by atoms with E-state index in [4.69, 9.17) is 16.0 Å². The largest absolute Gasteiger partial charge is 0.464 e. The Kier molecular flexibility index (Phi) is 7.34. The summed E-state index contributed by atoms with van der Waals surface area (Å²) in [6, 6.07) is 12.3. The van der Waals surface area contributed by atoms with Gasteiger partial charge in [-0.2, -0.15) is 0 Å². The minimum absolute atomic E-state index is 0.0844. The van der Waals surface area contributed by atoms with Crippen molar-refractivity contribution in [3.63, 3.8) is 0 Å². The average molecular weight is 576 g/mol. The third-order valence-corrected chi connectivity index (χ3v) is 7.99. The highest BCUT2D eigenvalue weighted by Crippen LogP contribution is 2.41. The average Bonchev–Trinajstić information content (AvgIpc) is 3.51. The topological polar surface area (TPSA) is 112 Å². The smallest absolute Gasteiger partial charge is 0.261 e. The summed E-state index contributed by atoms with van der Waals surface area (Å²) in [5.74, 6) is 1.30. The molecule has 214 valence electrons. The first kappa shape index (κ1) is 28.6. The van der Waals surface area contributed by atoms with Crippen LogP contribution in [0.1, 0.15) is 85.1 Å². The summed E-state index contributed by atoms with van der Waals surface area (Å²) < 4.78 is 5.86. The molecule has 8 nitrogen and oxygen atoms in total. The normalized spacial score (nSPS) is 14.2. The van der Waals surface area contributed by atoms with Gasteiger partial charge in [0.15, 0.2) is 0 Å². The molecule has 1 amide bonds. The van der Waals surface area contributed by atoms with E-state index in [2.05, 4.69) is 24.5 Å². The molecule has 3 N–H and O–H groups in total. The molecule has 9 heteroatoms. The zero-order valence-corrected chi connectivity index (χ0v) is 24.8. The fourth-order valence-corrected chi connectivity index (χ4v) is 5.48. The number of carbonyl (C=O) groups is 1. The van der Waals surface area contributed by atoms with Crippen molar-refractivity contribution in [2.24, 2.45) is 5.41 Å². The van der Waals surface area contributed by atoms with Crippen LogP contribution in [0.4, 0.5) is 22.7 Å². The first-order valence-corrected chi connectivity index (χ1v) is 14.0. The Morgan fingerprint density at radius 1 is 1.02 bits per heavy atom. The number of halogens is 1. The molecule has 1 aromatic heterocycles. The molecule has 1 atom stereocenters. The van der Waals surface area contributed by atoms with Gasteiger partial charge in [0.1, 0.15) is 22.9 Å². The van der Waals surface area contributed by atoms with E-state index in [1.165, 1.54) is 0 Å². The standard InChI is InChI=1S/C32H34ClN3O5/c1-16(2)18-8-9-19(15-37)23(13-18)36-14-20-21(33)10-11-22(25(20)31(36)40)34-26-27(29(39)28(26)38)35-30(32(4,5)6)24-12-7-17(3)41-24/h7-13,16,30,34-35,37H,14-15H2,1-6H3/t30-/m0/s1. The fraction of sp³-hybridized carbons (Fsp3) is 0.344. The molecular weight excluding hydrogens is 542 g/mol. The number of aryl methyl sites for hydroxylation is 1. The number of furan rings is 1. The molecule has 1 aliphatic heterocycles. The second kappa shape index (κ2) is 10.5. The molecule has 0 radical (unpaired) electrons. The molecule has 0 spiro atoms. The summed E-state index contributed by atoms with van der Waals surface area (Å²) in [6.45, 7) is 12.0. The van der Waals surface area contributed by atoms with E-state index in [1.54, 1.807) is 17.0 Å². The second-order valence-electron chi connectivity index (χ2n) is 12.0. The molecule has 3 aromatic carbocycles. The molecule has 0 bridgehead atoms. The van der Waals surface area contributed by atoms with Gasteiger partial charge >= 0.3 is 0 Å². The zero-order chi connectivity index (χ0) is 29.8. The monoisotopic (exact) mass is 575 g/mol. The highest BCUT2D eigenvalue weighted by atomic mass is 35.5. The van der Waals surface area contributed by atoms with Crippen molar-refractivity contribution < 1.29 is 14.3 Å². The highest BCUT2D eigenvalue weighted by molar-refractivity contribution is 6.33. The number of benzene rings is 2. The number of hydrogen-bond acceptors (Lipinski definition) is 7. The van der Waals surface area contributed by atoms with Gasteiger partial charge in [0.25, 0.3) is 16.8 Å². The Bertz CT molecular complexity index is 1720. The molecule has 0 saturated heterocycles. The summed E-state index contributed by atoms with van der Waals surface area (Å²) in [7, 11) is 0. The van der Waals surface area contributed by atoms with Crippen molar-refractivity contribution in [1.82, 2.24) is 0 Å². The number of anilines is 4. The Morgan fingerprint density at radius 2 is 1.73 bits per heavy atom. The summed E-state index contributed by atoms with van der Waals surface area (Å²) in [4.78, 5) is 41.0. The minimum Gasteiger partial charge on any atom is -0.464 e. The molecule has 5 rings (SSSR count). The Balaban J connectivity index is 1.51. The number of hydrogen-bond donors (Lipinski definition) is 3. The number of aliphatic hydroxyl groups is 1. The van der Waals surface area contributed by atoms with Crippen LogP contribution in [-0.4, -0.2) is 11.0 Å². The van der Waals surface area contributed by atoms with Crippen LogP contribution in [0.3, 0.4) is 0 Å². The lowest BCUT2D eigenvalue weighted by Gasteiger charge is -2.31. The SMILES string of the molecule is Cc1ccc([C@H](Nc2c(Nc3ccc(Cl)c4c3C(=O)N(c3cc(C(C)C)ccc3CO)C4)c(=O)c2=O)C(C)(C)C)o1. The zero-order valence-electron chi connectivity index (χ0n) is 24.0. The predicted molar refractivity (Wildman–Crippen MR) is 162 cm³/mol. The number of nitrogens with one attached hydrogen (secondary N) is 2. The van der Waals surface area contributed by atoms with E-state index >= 15 is 0 Å². The lowest BCUT2D eigenvalue weighted by molar-refractivity contribution is 0.0997. The molecule has 0 unspecified atom stereocenters. The molecule has 4 aromatic rings. The van der Waals surface area contributed by atoms with E-state index in [0.717, 1.165) is 11.3 Å². The maximum Gasteiger partial charge on any atom is 0.261 e. The molecule has 1 aliphatic rings. The van der Waals surface area contributed by atoms with E-state index < -0.39 is 16.9 Å². The third-order valence-electron chi connectivity index (χ3n) is 7.64. The van der Waals surface area contributed by atoms with Gasteiger partial charge < -0.3 is 25.1 Å². The van der Waals surface area contributed by atoms with Gasteiger partial charge in [-0.15, -0.1) is 0 Å². The molecule has 0 saturated carbocycles. The molecule has 2 heterocycles. The molecule has 41 heavy (non-hydrogen) atoms. The van der Waals surface area contributed by atoms with Crippen LogP contribution in [0.25, 0.3) is 0 Å². The van der Waals surface area contributed by atoms with E-state index in [-0.39, 0.29) is 41.8 Å². The van der Waals surface area contributed by atoms with Gasteiger partial charge in [-0.3, -0.25) is 14.4 Å². The van der Waals surface area contributed by atoms with Gasteiger partial charge in [-0.05, 0) is 54.2 Å². The summed E-state index contributed by atoms with van der Waals surface area (Å²) in [6.07, 6.45) is 0. The van der Waals surface area contributed by atoms with E-state index in [0.29, 0.717) is 38.8 Å². The van der Waals surface area contributed by atoms with Crippen LogP contribution < -0.4 is 26.4 Å². The number of carbonyl (C=O) groups excluding carboxylic acids is 1. The van der Waals surface area contributed by atoms with Crippen molar-refractivity contribution in [2.75, 3.05) is 15.5 Å². The van der Waals surface area contributed by atoms with Gasteiger partial charge in [0.2, 0.25) is 0 Å². The maximum absolute atomic E-state index is 13.9. The fourth-order valence-electron chi connectivity index (χ4n) is 5.26. The van der Waals surface area contributed by atoms with Gasteiger partial charge in [0.05, 0.1) is 36.1 Å². The van der Waals surface area contributed by atoms with E-state index in [9.17, 15) is 19.5 Å². The summed E-state index contributed by atoms with van der Waals surface area (Å²) in [5.41, 5.74) is 2.13. The number of rotatable bonds is 8. The second-order valence-corrected chi connectivity index (χ2v) is 12.4. The molecule has 0 fully saturated rings. The molecular formula is C32H34ClN3O5. The van der Waals surface area contributed by atoms with Gasteiger partial charge in [-0.1, -0.05) is 58.4 Å². The van der Waals surface area contributed by atoms with Crippen molar-refractivity contribution in [1.29, 1.82) is 0 Å². The van der Waals surface area contributed by atoms with Crippen molar-refractivity contribution in [2.45, 2.75) is 66.7 Å². The van der Waals surface area contributed by atoms with Crippen molar-refractivity contribution in [3.8, 4) is 0 Å². The summed E-state index contributed by atoms with van der Waals surface area (Å²) in [5, 5.41) is 16.7. The first-order valence-electron chi connectivity index (χ1n) is 13.6. The minimum atomic E-state index is -0.672. The van der Waals surface area contributed by atoms with E-state index in [1.807, 2.05) is 58.0 Å². The predicted octanol–water partition coefficient (Wildman–Crippen LogP) is 6.56. The lowest BCUT2D eigenvalue weighted by Crippen LogP contribution is -2.39. The van der Waals surface area contributed by atoms with Crippen molar-refractivity contribution in [3.05, 3.63) is 102 Å². The number of nitrogens with zero attached hydrogens (tertiary/aromatic N) is 1. The lowest BCUT2D eigenvalue weighted by atomic mass is 9.85. The van der Waals surface area contributed by atoms with Crippen LogP contribution in [-0.2, 0) is 13.2 Å². The Morgan fingerprint density at radius 3 is 2.34 bits per heavy atom. The van der Waals surface area contributed by atoms with Gasteiger partial charge in [0, 0.05) is 16.1 Å². The maximum atomic E-state index is 13.9. The van der Waals surface area contributed by atoms with Crippen molar-refractivity contribution >= 4 is 40.3 Å². The van der Waals surface area contributed by atoms with Gasteiger partial charge in [-0.25, -0.2) is 0 Å².